The Morgan fingerprint density at radius 2 is 1.84 bits per heavy atom. The van der Waals surface area contributed by atoms with Crippen LogP contribution in [0.1, 0.15) is 31.2 Å². The van der Waals surface area contributed by atoms with Crippen molar-refractivity contribution in [2.24, 2.45) is 0 Å². The van der Waals surface area contributed by atoms with Gasteiger partial charge in [-0.05, 0) is 49.4 Å². The van der Waals surface area contributed by atoms with Gasteiger partial charge in [0.1, 0.15) is 0 Å². The molecule has 0 bridgehead atoms. The molecule has 0 saturated heterocycles. The minimum Gasteiger partial charge on any atom is -0.393 e. The van der Waals surface area contributed by atoms with Crippen LogP contribution in [0.4, 0.5) is 5.95 Å². The molecule has 31 heavy (non-hydrogen) atoms. The van der Waals surface area contributed by atoms with Gasteiger partial charge in [0.15, 0.2) is 0 Å². The second-order valence-electron chi connectivity index (χ2n) is 8.07. The lowest BCUT2D eigenvalue weighted by Crippen LogP contribution is -2.28. The number of aliphatic hydroxyl groups is 1. The molecule has 1 aliphatic carbocycles. The van der Waals surface area contributed by atoms with E-state index in [1.807, 2.05) is 30.2 Å². The number of aromatic nitrogens is 3. The minimum absolute atomic E-state index is 0.164. The number of hydrogen-bond donors (Lipinski definition) is 3. The SMILES string of the molecule is OC1CCC(Nc2nccc(-c3c[nH]c4cccc(SCc5ccccc5)c34)n2)CC1. The summed E-state index contributed by atoms with van der Waals surface area (Å²) in [5.41, 5.74) is 4.43. The number of rotatable bonds is 6. The zero-order valence-electron chi connectivity index (χ0n) is 17.3. The van der Waals surface area contributed by atoms with E-state index >= 15 is 0 Å². The maximum absolute atomic E-state index is 9.74. The van der Waals surface area contributed by atoms with Crippen molar-refractivity contribution in [3.05, 3.63) is 72.6 Å². The van der Waals surface area contributed by atoms with Crippen LogP contribution in [0.5, 0.6) is 0 Å². The van der Waals surface area contributed by atoms with E-state index in [9.17, 15) is 5.11 Å². The van der Waals surface area contributed by atoms with E-state index < -0.39 is 0 Å². The van der Waals surface area contributed by atoms with Crippen molar-refractivity contribution in [1.29, 1.82) is 0 Å². The Hall–Kier alpha value is -2.83. The van der Waals surface area contributed by atoms with Crippen molar-refractivity contribution in [1.82, 2.24) is 15.0 Å². The first kappa shape index (κ1) is 20.1. The van der Waals surface area contributed by atoms with Crippen molar-refractivity contribution >= 4 is 28.6 Å². The Morgan fingerprint density at radius 1 is 1.00 bits per heavy atom. The molecule has 4 aromatic rings. The smallest absolute Gasteiger partial charge is 0.223 e. The normalized spacial score (nSPS) is 18.9. The minimum atomic E-state index is -0.164. The van der Waals surface area contributed by atoms with Crippen molar-refractivity contribution < 1.29 is 5.11 Å². The summed E-state index contributed by atoms with van der Waals surface area (Å²) in [5.74, 6) is 1.58. The van der Waals surface area contributed by atoms with E-state index in [4.69, 9.17) is 4.98 Å². The predicted molar refractivity (Wildman–Crippen MR) is 127 cm³/mol. The molecule has 0 unspecified atom stereocenters. The van der Waals surface area contributed by atoms with Gasteiger partial charge < -0.3 is 15.4 Å². The molecule has 0 aliphatic heterocycles. The third-order valence-electron chi connectivity index (χ3n) is 5.87. The van der Waals surface area contributed by atoms with Crippen LogP contribution in [0, 0.1) is 0 Å². The Balaban J connectivity index is 1.41. The monoisotopic (exact) mass is 430 g/mol. The molecule has 0 amide bonds. The first-order valence-corrected chi connectivity index (χ1v) is 11.8. The Kier molecular flexibility index (Phi) is 5.91. The number of thioether (sulfide) groups is 1. The Bertz CT molecular complexity index is 1150. The fourth-order valence-corrected chi connectivity index (χ4v) is 5.24. The number of benzene rings is 2. The van der Waals surface area contributed by atoms with Gasteiger partial charge >= 0.3 is 0 Å². The summed E-state index contributed by atoms with van der Waals surface area (Å²) in [7, 11) is 0. The molecule has 3 N–H and O–H groups in total. The summed E-state index contributed by atoms with van der Waals surface area (Å²) in [5, 5.41) is 14.4. The second-order valence-corrected chi connectivity index (χ2v) is 9.09. The molecule has 1 aliphatic rings. The van der Waals surface area contributed by atoms with Crippen LogP contribution in [-0.4, -0.2) is 32.2 Å². The molecular weight excluding hydrogens is 404 g/mol. The molecular formula is C25H26N4OS. The molecule has 5 nitrogen and oxygen atoms in total. The van der Waals surface area contributed by atoms with Gasteiger partial charge in [-0.15, -0.1) is 11.8 Å². The number of H-pyrrole nitrogens is 1. The molecule has 2 aromatic carbocycles. The summed E-state index contributed by atoms with van der Waals surface area (Å²) in [6.45, 7) is 0. The number of aromatic amines is 1. The molecule has 2 heterocycles. The number of hydrogen-bond acceptors (Lipinski definition) is 5. The third-order valence-corrected chi connectivity index (χ3v) is 7.00. The van der Waals surface area contributed by atoms with Gasteiger partial charge in [-0.1, -0.05) is 36.4 Å². The summed E-state index contributed by atoms with van der Waals surface area (Å²) in [6, 6.07) is 19.2. The third kappa shape index (κ3) is 4.60. The molecule has 0 spiro atoms. The van der Waals surface area contributed by atoms with Gasteiger partial charge in [0, 0.05) is 45.6 Å². The second kappa shape index (κ2) is 9.12. The molecule has 0 atom stereocenters. The molecule has 1 fully saturated rings. The highest BCUT2D eigenvalue weighted by atomic mass is 32.2. The molecule has 5 rings (SSSR count). The summed E-state index contributed by atoms with van der Waals surface area (Å²) in [4.78, 5) is 13.9. The lowest BCUT2D eigenvalue weighted by atomic mass is 9.93. The fourth-order valence-electron chi connectivity index (χ4n) is 4.19. The lowest BCUT2D eigenvalue weighted by Gasteiger charge is -2.26. The predicted octanol–water partition coefficient (Wildman–Crippen LogP) is 5.63. The Labute approximate surface area is 186 Å². The highest BCUT2D eigenvalue weighted by Crippen LogP contribution is 2.36. The quantitative estimate of drug-likeness (QED) is 0.346. The van der Waals surface area contributed by atoms with Gasteiger partial charge in [-0.2, -0.15) is 0 Å². The van der Waals surface area contributed by atoms with Gasteiger partial charge in [0.25, 0.3) is 0 Å². The van der Waals surface area contributed by atoms with Crippen molar-refractivity contribution in [2.45, 2.75) is 48.5 Å². The first-order valence-electron chi connectivity index (χ1n) is 10.8. The van der Waals surface area contributed by atoms with Crippen LogP contribution in [0.2, 0.25) is 0 Å². The maximum Gasteiger partial charge on any atom is 0.223 e. The molecule has 2 aromatic heterocycles. The van der Waals surface area contributed by atoms with E-state index in [0.29, 0.717) is 12.0 Å². The number of fused-ring (bicyclic) bond motifs is 1. The van der Waals surface area contributed by atoms with Crippen LogP contribution < -0.4 is 5.32 Å². The maximum atomic E-state index is 9.74. The van der Waals surface area contributed by atoms with E-state index in [-0.39, 0.29) is 6.10 Å². The lowest BCUT2D eigenvalue weighted by molar-refractivity contribution is 0.126. The highest BCUT2D eigenvalue weighted by molar-refractivity contribution is 7.98. The van der Waals surface area contributed by atoms with Gasteiger partial charge in [0.2, 0.25) is 5.95 Å². The summed E-state index contributed by atoms with van der Waals surface area (Å²) >= 11 is 1.85. The van der Waals surface area contributed by atoms with Crippen LogP contribution in [-0.2, 0) is 5.75 Å². The molecule has 0 radical (unpaired) electrons. The number of nitrogens with one attached hydrogen (secondary N) is 2. The van der Waals surface area contributed by atoms with E-state index in [1.54, 1.807) is 0 Å². The summed E-state index contributed by atoms with van der Waals surface area (Å²) in [6.07, 6.45) is 7.26. The van der Waals surface area contributed by atoms with E-state index in [2.05, 4.69) is 63.8 Å². The zero-order chi connectivity index (χ0) is 21.0. The standard InChI is InChI=1S/C25H26N4OS/c30-19-11-9-18(10-12-19)28-25-26-14-13-21(29-25)20-15-27-22-7-4-8-23(24(20)22)31-16-17-5-2-1-3-6-17/h1-8,13-15,18-19,27,30H,9-12,16H2,(H,26,28,29). The van der Waals surface area contributed by atoms with Crippen LogP contribution in [0.3, 0.4) is 0 Å². The average molecular weight is 431 g/mol. The van der Waals surface area contributed by atoms with Gasteiger partial charge in [0.05, 0.1) is 11.8 Å². The largest absolute Gasteiger partial charge is 0.393 e. The fraction of sp³-hybridized carbons (Fsp3) is 0.280. The van der Waals surface area contributed by atoms with Crippen LogP contribution in [0.15, 0.2) is 71.9 Å². The van der Waals surface area contributed by atoms with Crippen molar-refractivity contribution in [3.8, 4) is 11.3 Å². The van der Waals surface area contributed by atoms with Gasteiger partial charge in [-0.25, -0.2) is 9.97 Å². The van der Waals surface area contributed by atoms with Crippen LogP contribution in [0.25, 0.3) is 22.2 Å². The van der Waals surface area contributed by atoms with Crippen molar-refractivity contribution in [3.63, 3.8) is 0 Å². The van der Waals surface area contributed by atoms with Gasteiger partial charge in [-0.3, -0.25) is 0 Å². The topological polar surface area (TPSA) is 73.8 Å². The average Bonchev–Trinajstić information content (AvgIpc) is 3.25. The number of aliphatic hydroxyl groups excluding tert-OH is 1. The molecule has 158 valence electrons. The van der Waals surface area contributed by atoms with E-state index in [1.165, 1.54) is 15.8 Å². The number of nitrogens with zero attached hydrogens (tertiary/aromatic N) is 2. The molecule has 1 saturated carbocycles. The van der Waals surface area contributed by atoms with Crippen molar-refractivity contribution in [2.75, 3.05) is 5.32 Å². The molecule has 6 heteroatoms. The van der Waals surface area contributed by atoms with Crippen LogP contribution >= 0.6 is 11.8 Å². The summed E-state index contributed by atoms with van der Waals surface area (Å²) < 4.78 is 0. The highest BCUT2D eigenvalue weighted by Gasteiger charge is 2.20. The number of anilines is 1. The Morgan fingerprint density at radius 3 is 2.68 bits per heavy atom. The van der Waals surface area contributed by atoms with E-state index in [0.717, 1.165) is 48.2 Å². The first-order chi connectivity index (χ1) is 15.3. The zero-order valence-corrected chi connectivity index (χ0v) is 18.1.